The second-order valence-corrected chi connectivity index (χ2v) is 4.89. The number of phenols is 1. The maximum Gasteiger partial charge on any atom is 0.142 e. The molecule has 2 aromatic rings. The predicted octanol–water partition coefficient (Wildman–Crippen LogP) is 4.27. The number of ether oxygens (including phenoxy) is 1. The average Bonchev–Trinajstić information content (AvgIpc) is 2.43. The molecule has 0 bridgehead atoms. The van der Waals surface area contributed by atoms with E-state index in [-0.39, 0.29) is 11.8 Å². The van der Waals surface area contributed by atoms with Crippen molar-refractivity contribution in [2.75, 3.05) is 11.9 Å². The number of aromatic hydroxyl groups is 1. The molecule has 0 aliphatic rings. The van der Waals surface area contributed by atoms with Crippen molar-refractivity contribution in [2.24, 2.45) is 0 Å². The van der Waals surface area contributed by atoms with Crippen molar-refractivity contribution in [1.29, 1.82) is 0 Å². The molecule has 0 fully saturated rings. The van der Waals surface area contributed by atoms with Gasteiger partial charge in [-0.25, -0.2) is 0 Å². The van der Waals surface area contributed by atoms with Gasteiger partial charge < -0.3 is 15.2 Å². The molecule has 0 aliphatic carbocycles. The number of nitrogens with one attached hydrogen (secondary N) is 1. The minimum atomic E-state index is 0.137. The molecule has 106 valence electrons. The Bertz CT molecular complexity index is 564. The molecule has 0 heterocycles. The Kier molecular flexibility index (Phi) is 4.51. The molecule has 0 saturated carbocycles. The van der Waals surface area contributed by atoms with Gasteiger partial charge in [-0.2, -0.15) is 0 Å². The monoisotopic (exact) mass is 271 g/mol. The first-order valence-corrected chi connectivity index (χ1v) is 6.89. The van der Waals surface area contributed by atoms with E-state index in [4.69, 9.17) is 4.74 Å². The number of phenolic OH excluding ortho intramolecular Hbond substituents is 1. The molecular formula is C17H21NO2. The maximum absolute atomic E-state index is 9.33. The molecule has 2 N–H and O–H groups in total. The molecule has 0 amide bonds. The average molecular weight is 271 g/mol. The summed E-state index contributed by atoms with van der Waals surface area (Å²) in [6, 6.07) is 13.5. The van der Waals surface area contributed by atoms with Crippen LogP contribution in [0.3, 0.4) is 0 Å². The number of benzene rings is 2. The van der Waals surface area contributed by atoms with Crippen LogP contribution in [0, 0.1) is 6.92 Å². The third-order valence-electron chi connectivity index (χ3n) is 3.20. The standard InChI is InChI=1S/C17H21NO2/c1-4-20-17-11-12(2)5-10-16(17)18-13(3)14-6-8-15(19)9-7-14/h5-11,13,18-19H,4H2,1-3H3. The minimum absolute atomic E-state index is 0.137. The Morgan fingerprint density at radius 1 is 1.15 bits per heavy atom. The number of rotatable bonds is 5. The number of hydrogen-bond donors (Lipinski definition) is 2. The summed E-state index contributed by atoms with van der Waals surface area (Å²) in [5.74, 6) is 1.16. The Labute approximate surface area is 120 Å². The van der Waals surface area contributed by atoms with Crippen LogP contribution in [0.5, 0.6) is 11.5 Å². The van der Waals surface area contributed by atoms with Crippen LogP contribution in [-0.4, -0.2) is 11.7 Å². The van der Waals surface area contributed by atoms with Crippen LogP contribution in [0.25, 0.3) is 0 Å². The van der Waals surface area contributed by atoms with Gasteiger partial charge in [0, 0.05) is 6.04 Å². The molecule has 0 aliphatic heterocycles. The van der Waals surface area contributed by atoms with Gasteiger partial charge in [0.25, 0.3) is 0 Å². The van der Waals surface area contributed by atoms with E-state index < -0.39 is 0 Å². The van der Waals surface area contributed by atoms with Crippen LogP contribution < -0.4 is 10.1 Å². The van der Waals surface area contributed by atoms with Crippen LogP contribution in [-0.2, 0) is 0 Å². The van der Waals surface area contributed by atoms with E-state index in [1.807, 2.05) is 31.2 Å². The highest BCUT2D eigenvalue weighted by molar-refractivity contribution is 5.58. The second-order valence-electron chi connectivity index (χ2n) is 4.89. The molecule has 2 aromatic carbocycles. The van der Waals surface area contributed by atoms with Crippen molar-refractivity contribution in [3.05, 3.63) is 53.6 Å². The van der Waals surface area contributed by atoms with Crippen LogP contribution >= 0.6 is 0 Å². The third-order valence-corrected chi connectivity index (χ3v) is 3.20. The fraction of sp³-hybridized carbons (Fsp3) is 0.294. The van der Waals surface area contributed by atoms with Gasteiger partial charge in [-0.05, 0) is 56.2 Å². The van der Waals surface area contributed by atoms with E-state index in [9.17, 15) is 5.11 Å². The maximum atomic E-state index is 9.33. The van der Waals surface area contributed by atoms with Gasteiger partial charge in [-0.3, -0.25) is 0 Å². The molecule has 2 rings (SSSR count). The first kappa shape index (κ1) is 14.3. The van der Waals surface area contributed by atoms with E-state index in [1.165, 1.54) is 5.56 Å². The van der Waals surface area contributed by atoms with Crippen molar-refractivity contribution in [3.8, 4) is 11.5 Å². The third kappa shape index (κ3) is 3.44. The summed E-state index contributed by atoms with van der Waals surface area (Å²) in [6.45, 7) is 6.76. The van der Waals surface area contributed by atoms with E-state index in [1.54, 1.807) is 12.1 Å². The zero-order chi connectivity index (χ0) is 14.5. The first-order valence-electron chi connectivity index (χ1n) is 6.89. The SMILES string of the molecule is CCOc1cc(C)ccc1NC(C)c1ccc(O)cc1. The molecule has 0 aromatic heterocycles. The van der Waals surface area contributed by atoms with Gasteiger partial charge in [-0.1, -0.05) is 18.2 Å². The molecule has 1 atom stereocenters. The topological polar surface area (TPSA) is 41.5 Å². The Morgan fingerprint density at radius 3 is 2.50 bits per heavy atom. The lowest BCUT2D eigenvalue weighted by Gasteiger charge is -2.19. The fourth-order valence-corrected chi connectivity index (χ4v) is 2.10. The quantitative estimate of drug-likeness (QED) is 0.853. The lowest BCUT2D eigenvalue weighted by molar-refractivity contribution is 0.341. The molecule has 0 saturated heterocycles. The number of anilines is 1. The van der Waals surface area contributed by atoms with Crippen LogP contribution in [0.2, 0.25) is 0 Å². The van der Waals surface area contributed by atoms with Gasteiger partial charge in [0.15, 0.2) is 0 Å². The van der Waals surface area contributed by atoms with E-state index in [2.05, 4.69) is 25.2 Å². The van der Waals surface area contributed by atoms with Crippen LogP contribution in [0.15, 0.2) is 42.5 Å². The molecular weight excluding hydrogens is 250 g/mol. The Balaban J connectivity index is 2.18. The summed E-state index contributed by atoms with van der Waals surface area (Å²) in [5.41, 5.74) is 3.28. The van der Waals surface area contributed by atoms with Gasteiger partial charge >= 0.3 is 0 Å². The molecule has 20 heavy (non-hydrogen) atoms. The summed E-state index contributed by atoms with van der Waals surface area (Å²) in [7, 11) is 0. The Hall–Kier alpha value is -2.16. The lowest BCUT2D eigenvalue weighted by Crippen LogP contribution is -2.08. The van der Waals surface area contributed by atoms with Crippen LogP contribution in [0.4, 0.5) is 5.69 Å². The molecule has 3 nitrogen and oxygen atoms in total. The summed E-state index contributed by atoms with van der Waals surface area (Å²) < 4.78 is 5.67. The summed E-state index contributed by atoms with van der Waals surface area (Å²) in [4.78, 5) is 0. The molecule has 1 unspecified atom stereocenters. The molecule has 0 radical (unpaired) electrons. The fourth-order valence-electron chi connectivity index (χ4n) is 2.10. The van der Waals surface area contributed by atoms with Crippen molar-refractivity contribution in [1.82, 2.24) is 0 Å². The predicted molar refractivity (Wildman–Crippen MR) is 82.5 cm³/mol. The number of aryl methyl sites for hydroxylation is 1. The smallest absolute Gasteiger partial charge is 0.142 e. The van der Waals surface area contributed by atoms with Crippen molar-refractivity contribution < 1.29 is 9.84 Å². The van der Waals surface area contributed by atoms with Crippen LogP contribution in [0.1, 0.15) is 31.0 Å². The highest BCUT2D eigenvalue weighted by Gasteiger charge is 2.09. The van der Waals surface area contributed by atoms with E-state index >= 15 is 0 Å². The van der Waals surface area contributed by atoms with Gasteiger partial charge in [-0.15, -0.1) is 0 Å². The second kappa shape index (κ2) is 6.33. The summed E-state index contributed by atoms with van der Waals surface area (Å²) >= 11 is 0. The number of hydrogen-bond acceptors (Lipinski definition) is 3. The lowest BCUT2D eigenvalue weighted by atomic mass is 10.1. The van der Waals surface area contributed by atoms with Crippen molar-refractivity contribution in [3.63, 3.8) is 0 Å². The highest BCUT2D eigenvalue weighted by Crippen LogP contribution is 2.29. The summed E-state index contributed by atoms with van der Waals surface area (Å²) in [6.07, 6.45) is 0. The molecule has 3 heteroatoms. The summed E-state index contributed by atoms with van der Waals surface area (Å²) in [5, 5.41) is 12.8. The minimum Gasteiger partial charge on any atom is -0.508 e. The van der Waals surface area contributed by atoms with Crippen molar-refractivity contribution in [2.45, 2.75) is 26.8 Å². The van der Waals surface area contributed by atoms with Crippen molar-refractivity contribution >= 4 is 5.69 Å². The van der Waals surface area contributed by atoms with Gasteiger partial charge in [0.1, 0.15) is 11.5 Å². The zero-order valence-corrected chi connectivity index (χ0v) is 12.2. The van der Waals surface area contributed by atoms with Gasteiger partial charge in [0.2, 0.25) is 0 Å². The molecule has 0 spiro atoms. The highest BCUT2D eigenvalue weighted by atomic mass is 16.5. The van der Waals surface area contributed by atoms with E-state index in [0.717, 1.165) is 17.0 Å². The largest absolute Gasteiger partial charge is 0.508 e. The van der Waals surface area contributed by atoms with E-state index in [0.29, 0.717) is 6.61 Å². The Morgan fingerprint density at radius 2 is 1.85 bits per heavy atom. The van der Waals surface area contributed by atoms with Gasteiger partial charge in [0.05, 0.1) is 12.3 Å². The first-order chi connectivity index (χ1) is 9.60. The zero-order valence-electron chi connectivity index (χ0n) is 12.2. The normalized spacial score (nSPS) is 11.9.